The molecule has 0 aliphatic heterocycles. The fraction of sp³-hybridized carbons (Fsp3) is 0.636. The second kappa shape index (κ2) is 6.60. The van der Waals surface area contributed by atoms with Gasteiger partial charge in [-0.25, -0.2) is 4.98 Å². The van der Waals surface area contributed by atoms with Crippen LogP contribution in [0.15, 0.2) is 5.51 Å². The van der Waals surface area contributed by atoms with Gasteiger partial charge in [-0.15, -0.1) is 11.3 Å². The molecule has 1 N–H and O–H groups in total. The normalized spacial score (nSPS) is 10.4. The molecule has 1 amide bonds. The Bertz CT molecular complexity index is 338. The van der Waals surface area contributed by atoms with Crippen molar-refractivity contribution in [3.8, 4) is 0 Å². The molecule has 0 spiro atoms. The summed E-state index contributed by atoms with van der Waals surface area (Å²) in [6.45, 7) is 6.34. The van der Waals surface area contributed by atoms with Gasteiger partial charge in [0.25, 0.3) is 0 Å². The topological polar surface area (TPSA) is 45.2 Å². The molecule has 0 bridgehead atoms. The third-order valence-corrected chi connectivity index (χ3v) is 3.34. The van der Waals surface area contributed by atoms with Crippen LogP contribution in [0.2, 0.25) is 0 Å². The smallest absolute Gasteiger partial charge is 0.223 e. The van der Waals surface area contributed by atoms with Crippen LogP contribution in [-0.4, -0.2) is 35.9 Å². The highest BCUT2D eigenvalue weighted by Gasteiger charge is 2.11. The Hall–Kier alpha value is -0.940. The first-order valence-corrected chi connectivity index (χ1v) is 6.36. The summed E-state index contributed by atoms with van der Waals surface area (Å²) in [5.41, 5.74) is 2.85. The Labute approximate surface area is 101 Å². The molecule has 0 aliphatic rings. The van der Waals surface area contributed by atoms with Gasteiger partial charge in [-0.05, 0) is 13.5 Å². The SMILES string of the molecule is CCNCCC(=O)N(C)Cc1scnc1C. The lowest BCUT2D eigenvalue weighted by Crippen LogP contribution is -2.29. The van der Waals surface area contributed by atoms with Gasteiger partial charge in [0, 0.05) is 24.9 Å². The van der Waals surface area contributed by atoms with Crippen molar-refractivity contribution >= 4 is 17.2 Å². The lowest BCUT2D eigenvalue weighted by Gasteiger charge is -2.16. The van der Waals surface area contributed by atoms with E-state index in [-0.39, 0.29) is 5.91 Å². The average Bonchev–Trinajstić information content (AvgIpc) is 2.64. The summed E-state index contributed by atoms with van der Waals surface area (Å²) in [5, 5.41) is 3.15. The molecule has 0 radical (unpaired) electrons. The summed E-state index contributed by atoms with van der Waals surface area (Å²) in [4.78, 5) is 18.8. The summed E-state index contributed by atoms with van der Waals surface area (Å²) in [6.07, 6.45) is 0.558. The summed E-state index contributed by atoms with van der Waals surface area (Å²) in [6, 6.07) is 0. The molecule has 1 aromatic heterocycles. The number of amides is 1. The maximum absolute atomic E-state index is 11.7. The van der Waals surface area contributed by atoms with Gasteiger partial charge >= 0.3 is 0 Å². The van der Waals surface area contributed by atoms with Gasteiger partial charge in [0.15, 0.2) is 0 Å². The minimum atomic E-state index is 0.175. The highest BCUT2D eigenvalue weighted by molar-refractivity contribution is 7.09. The van der Waals surface area contributed by atoms with Crippen LogP contribution in [0.3, 0.4) is 0 Å². The van der Waals surface area contributed by atoms with Crippen molar-refractivity contribution in [2.45, 2.75) is 26.8 Å². The summed E-state index contributed by atoms with van der Waals surface area (Å²) >= 11 is 1.60. The van der Waals surface area contributed by atoms with Crippen molar-refractivity contribution in [1.82, 2.24) is 15.2 Å². The maximum atomic E-state index is 11.7. The number of nitrogens with zero attached hydrogens (tertiary/aromatic N) is 2. The van der Waals surface area contributed by atoms with E-state index in [1.807, 2.05) is 26.4 Å². The molecule has 0 aromatic carbocycles. The van der Waals surface area contributed by atoms with Gasteiger partial charge in [0.05, 0.1) is 17.7 Å². The Balaban J connectivity index is 2.37. The van der Waals surface area contributed by atoms with Gasteiger partial charge in [-0.2, -0.15) is 0 Å². The van der Waals surface area contributed by atoms with Crippen LogP contribution in [-0.2, 0) is 11.3 Å². The standard InChI is InChI=1S/C11H19N3OS/c1-4-12-6-5-11(15)14(3)7-10-9(2)13-8-16-10/h8,12H,4-7H2,1-3H3. The predicted molar refractivity (Wildman–Crippen MR) is 66.5 cm³/mol. The maximum Gasteiger partial charge on any atom is 0.223 e. The molecule has 0 saturated heterocycles. The largest absolute Gasteiger partial charge is 0.341 e. The minimum absolute atomic E-state index is 0.175. The van der Waals surface area contributed by atoms with Crippen LogP contribution in [0.5, 0.6) is 0 Å². The molecule has 1 heterocycles. The first kappa shape index (κ1) is 13.1. The van der Waals surface area contributed by atoms with E-state index in [0.29, 0.717) is 13.0 Å². The molecule has 0 atom stereocenters. The Kier molecular flexibility index (Phi) is 5.42. The van der Waals surface area contributed by atoms with E-state index in [9.17, 15) is 4.79 Å². The van der Waals surface area contributed by atoms with Crippen molar-refractivity contribution in [2.24, 2.45) is 0 Å². The van der Waals surface area contributed by atoms with E-state index in [0.717, 1.165) is 18.8 Å². The molecule has 0 aliphatic carbocycles. The minimum Gasteiger partial charge on any atom is -0.341 e. The quantitative estimate of drug-likeness (QED) is 0.766. The van der Waals surface area contributed by atoms with E-state index in [1.54, 1.807) is 16.2 Å². The van der Waals surface area contributed by atoms with E-state index >= 15 is 0 Å². The van der Waals surface area contributed by atoms with Crippen LogP contribution in [0.25, 0.3) is 0 Å². The van der Waals surface area contributed by atoms with Crippen LogP contribution < -0.4 is 5.32 Å². The second-order valence-electron chi connectivity index (χ2n) is 3.71. The molecular weight excluding hydrogens is 222 g/mol. The first-order valence-electron chi connectivity index (χ1n) is 5.48. The van der Waals surface area contributed by atoms with E-state index < -0.39 is 0 Å². The van der Waals surface area contributed by atoms with Gasteiger partial charge < -0.3 is 10.2 Å². The second-order valence-corrected chi connectivity index (χ2v) is 4.65. The molecule has 0 saturated carbocycles. The number of carbonyl (C=O) groups excluding carboxylic acids is 1. The third kappa shape index (κ3) is 3.90. The van der Waals surface area contributed by atoms with Crippen LogP contribution in [0.1, 0.15) is 23.9 Å². The van der Waals surface area contributed by atoms with E-state index in [1.165, 1.54) is 4.88 Å². The molecule has 4 nitrogen and oxygen atoms in total. The number of aryl methyl sites for hydroxylation is 1. The number of nitrogens with one attached hydrogen (secondary N) is 1. The van der Waals surface area contributed by atoms with Crippen LogP contribution in [0.4, 0.5) is 0 Å². The van der Waals surface area contributed by atoms with Gasteiger partial charge in [0.2, 0.25) is 5.91 Å². The zero-order chi connectivity index (χ0) is 12.0. The number of thiazole rings is 1. The van der Waals surface area contributed by atoms with Crippen molar-refractivity contribution in [3.05, 3.63) is 16.1 Å². The number of carbonyl (C=O) groups is 1. The molecule has 90 valence electrons. The van der Waals surface area contributed by atoms with Gasteiger partial charge in [-0.3, -0.25) is 4.79 Å². The molecule has 16 heavy (non-hydrogen) atoms. The fourth-order valence-electron chi connectivity index (χ4n) is 1.34. The highest BCUT2D eigenvalue weighted by atomic mass is 32.1. The van der Waals surface area contributed by atoms with E-state index in [4.69, 9.17) is 0 Å². The van der Waals surface area contributed by atoms with Gasteiger partial charge in [0.1, 0.15) is 0 Å². The number of aromatic nitrogens is 1. The van der Waals surface area contributed by atoms with Crippen molar-refractivity contribution in [1.29, 1.82) is 0 Å². The number of hydrogen-bond donors (Lipinski definition) is 1. The molecule has 5 heteroatoms. The molecule has 0 unspecified atom stereocenters. The van der Waals surface area contributed by atoms with E-state index in [2.05, 4.69) is 10.3 Å². The third-order valence-electron chi connectivity index (χ3n) is 2.42. The van der Waals surface area contributed by atoms with Crippen molar-refractivity contribution < 1.29 is 4.79 Å². The number of hydrogen-bond acceptors (Lipinski definition) is 4. The van der Waals surface area contributed by atoms with Gasteiger partial charge in [-0.1, -0.05) is 6.92 Å². The first-order chi connectivity index (χ1) is 7.65. The molecule has 1 rings (SSSR count). The summed E-state index contributed by atoms with van der Waals surface area (Å²) in [5.74, 6) is 0.175. The summed E-state index contributed by atoms with van der Waals surface area (Å²) < 4.78 is 0. The Morgan fingerprint density at radius 3 is 2.94 bits per heavy atom. The van der Waals surface area contributed by atoms with Crippen LogP contribution >= 0.6 is 11.3 Å². The van der Waals surface area contributed by atoms with Crippen molar-refractivity contribution in [3.63, 3.8) is 0 Å². The highest BCUT2D eigenvalue weighted by Crippen LogP contribution is 2.14. The lowest BCUT2D eigenvalue weighted by atomic mass is 10.3. The predicted octanol–water partition coefficient (Wildman–Crippen LogP) is 1.41. The zero-order valence-electron chi connectivity index (χ0n) is 10.1. The zero-order valence-corrected chi connectivity index (χ0v) is 10.9. The molecular formula is C11H19N3OS. The average molecular weight is 241 g/mol. The van der Waals surface area contributed by atoms with Crippen molar-refractivity contribution in [2.75, 3.05) is 20.1 Å². The lowest BCUT2D eigenvalue weighted by molar-refractivity contribution is -0.130. The fourth-order valence-corrected chi connectivity index (χ4v) is 2.17. The Morgan fingerprint density at radius 1 is 1.62 bits per heavy atom. The monoisotopic (exact) mass is 241 g/mol. The van der Waals surface area contributed by atoms with Crippen LogP contribution in [0, 0.1) is 6.92 Å². The molecule has 1 aromatic rings. The molecule has 0 fully saturated rings. The Morgan fingerprint density at radius 2 is 2.38 bits per heavy atom. The number of rotatable bonds is 6. The summed E-state index contributed by atoms with van der Waals surface area (Å²) in [7, 11) is 1.84.